The SMILES string of the molecule is Fc1cccc(N=C2CCc3cc(Cl)ccc32)c1. The molecule has 0 saturated heterocycles. The maximum Gasteiger partial charge on any atom is 0.125 e. The van der Waals surface area contributed by atoms with Gasteiger partial charge in [-0.05, 0) is 54.3 Å². The molecule has 1 nitrogen and oxygen atoms in total. The van der Waals surface area contributed by atoms with E-state index in [1.807, 2.05) is 24.3 Å². The van der Waals surface area contributed by atoms with Crippen molar-refractivity contribution in [3.8, 4) is 0 Å². The summed E-state index contributed by atoms with van der Waals surface area (Å²) in [6.45, 7) is 0. The van der Waals surface area contributed by atoms with E-state index in [0.717, 1.165) is 29.1 Å². The standard InChI is InChI=1S/C15H11ClFN/c16-11-5-6-14-10(8-11)4-7-15(14)18-13-3-1-2-12(17)9-13/h1-3,5-6,8-9H,4,7H2. The van der Waals surface area contributed by atoms with Crippen molar-refractivity contribution >= 4 is 23.0 Å². The highest BCUT2D eigenvalue weighted by Gasteiger charge is 2.17. The zero-order chi connectivity index (χ0) is 12.5. The molecule has 18 heavy (non-hydrogen) atoms. The van der Waals surface area contributed by atoms with Crippen molar-refractivity contribution in [1.29, 1.82) is 0 Å². The summed E-state index contributed by atoms with van der Waals surface area (Å²) in [5, 5.41) is 0.751. The Morgan fingerprint density at radius 2 is 1.94 bits per heavy atom. The number of rotatable bonds is 1. The molecule has 0 unspecified atom stereocenters. The zero-order valence-electron chi connectivity index (χ0n) is 9.66. The lowest BCUT2D eigenvalue weighted by Crippen LogP contribution is -1.93. The highest BCUT2D eigenvalue weighted by atomic mass is 35.5. The van der Waals surface area contributed by atoms with Gasteiger partial charge in [-0.2, -0.15) is 0 Å². The molecule has 2 aromatic rings. The number of aliphatic imine (C=N–C) groups is 1. The van der Waals surface area contributed by atoms with Gasteiger partial charge in [0.05, 0.1) is 5.69 Å². The minimum Gasteiger partial charge on any atom is -0.253 e. The van der Waals surface area contributed by atoms with Gasteiger partial charge in [-0.1, -0.05) is 23.7 Å². The van der Waals surface area contributed by atoms with E-state index < -0.39 is 0 Å². The molecule has 3 heteroatoms. The van der Waals surface area contributed by atoms with Gasteiger partial charge >= 0.3 is 0 Å². The fourth-order valence-corrected chi connectivity index (χ4v) is 2.45. The summed E-state index contributed by atoms with van der Waals surface area (Å²) in [6.07, 6.45) is 1.83. The van der Waals surface area contributed by atoms with Crippen LogP contribution in [0, 0.1) is 5.82 Å². The molecule has 0 fully saturated rings. The highest BCUT2D eigenvalue weighted by molar-refractivity contribution is 6.30. The van der Waals surface area contributed by atoms with Gasteiger partial charge in [0.15, 0.2) is 0 Å². The first kappa shape index (κ1) is 11.4. The smallest absolute Gasteiger partial charge is 0.125 e. The lowest BCUT2D eigenvalue weighted by molar-refractivity contribution is 0.628. The summed E-state index contributed by atoms with van der Waals surface area (Å²) in [4.78, 5) is 4.52. The molecule has 3 rings (SSSR count). The monoisotopic (exact) mass is 259 g/mol. The van der Waals surface area contributed by atoms with Crippen LogP contribution in [-0.4, -0.2) is 5.71 Å². The molecule has 0 aliphatic heterocycles. The maximum atomic E-state index is 13.1. The van der Waals surface area contributed by atoms with Gasteiger partial charge < -0.3 is 0 Å². The second kappa shape index (κ2) is 4.54. The third-order valence-corrected chi connectivity index (χ3v) is 3.32. The van der Waals surface area contributed by atoms with E-state index in [1.54, 1.807) is 6.07 Å². The van der Waals surface area contributed by atoms with Gasteiger partial charge in [0.2, 0.25) is 0 Å². The summed E-state index contributed by atoms with van der Waals surface area (Å²) in [6, 6.07) is 12.2. The average Bonchev–Trinajstić information content (AvgIpc) is 2.72. The van der Waals surface area contributed by atoms with Crippen LogP contribution in [0.15, 0.2) is 47.5 Å². The third kappa shape index (κ3) is 2.16. The lowest BCUT2D eigenvalue weighted by Gasteiger charge is -2.01. The van der Waals surface area contributed by atoms with Gasteiger partial charge in [0, 0.05) is 10.7 Å². The first-order valence-corrected chi connectivity index (χ1v) is 6.22. The van der Waals surface area contributed by atoms with E-state index in [2.05, 4.69) is 4.99 Å². The van der Waals surface area contributed by atoms with Crippen molar-refractivity contribution in [3.05, 3.63) is 64.4 Å². The molecule has 0 bridgehead atoms. The van der Waals surface area contributed by atoms with Crippen LogP contribution >= 0.6 is 11.6 Å². The van der Waals surface area contributed by atoms with E-state index in [1.165, 1.54) is 17.7 Å². The Hall–Kier alpha value is -1.67. The Morgan fingerprint density at radius 3 is 2.78 bits per heavy atom. The van der Waals surface area contributed by atoms with E-state index >= 15 is 0 Å². The first-order chi connectivity index (χ1) is 8.72. The molecule has 0 radical (unpaired) electrons. The van der Waals surface area contributed by atoms with Gasteiger partial charge in [-0.25, -0.2) is 4.39 Å². The number of halogens is 2. The molecule has 0 saturated carbocycles. The van der Waals surface area contributed by atoms with Crippen LogP contribution in [0.3, 0.4) is 0 Å². The molecular formula is C15H11ClFN. The van der Waals surface area contributed by atoms with Crippen LogP contribution < -0.4 is 0 Å². The topological polar surface area (TPSA) is 12.4 Å². The normalized spacial score (nSPS) is 16.0. The molecule has 1 aliphatic rings. The zero-order valence-corrected chi connectivity index (χ0v) is 10.4. The fraction of sp³-hybridized carbons (Fsp3) is 0.133. The Morgan fingerprint density at radius 1 is 1.06 bits per heavy atom. The Labute approximate surface area is 110 Å². The molecular weight excluding hydrogens is 249 g/mol. The largest absolute Gasteiger partial charge is 0.253 e. The number of hydrogen-bond acceptors (Lipinski definition) is 1. The number of fused-ring (bicyclic) bond motifs is 1. The Balaban J connectivity index is 2.01. The minimum atomic E-state index is -0.258. The van der Waals surface area contributed by atoms with Crippen LogP contribution in [0.2, 0.25) is 5.02 Å². The lowest BCUT2D eigenvalue weighted by atomic mass is 10.1. The average molecular weight is 260 g/mol. The van der Waals surface area contributed by atoms with E-state index in [0.29, 0.717) is 5.69 Å². The van der Waals surface area contributed by atoms with Gasteiger partial charge in [0.1, 0.15) is 5.82 Å². The summed E-state index contributed by atoms with van der Waals surface area (Å²) >= 11 is 5.96. The van der Waals surface area contributed by atoms with Crippen molar-refractivity contribution in [3.63, 3.8) is 0 Å². The summed E-state index contributed by atoms with van der Waals surface area (Å²) < 4.78 is 13.1. The van der Waals surface area contributed by atoms with E-state index in [4.69, 9.17) is 11.6 Å². The van der Waals surface area contributed by atoms with Crippen molar-refractivity contribution < 1.29 is 4.39 Å². The molecule has 90 valence electrons. The van der Waals surface area contributed by atoms with Crippen LogP contribution in [-0.2, 0) is 6.42 Å². The van der Waals surface area contributed by atoms with E-state index in [-0.39, 0.29) is 5.82 Å². The van der Waals surface area contributed by atoms with Crippen molar-refractivity contribution in [2.75, 3.05) is 0 Å². The quantitative estimate of drug-likeness (QED) is 0.713. The second-order valence-electron chi connectivity index (χ2n) is 4.34. The molecule has 0 heterocycles. The highest BCUT2D eigenvalue weighted by Crippen LogP contribution is 2.27. The number of benzene rings is 2. The molecule has 0 spiro atoms. The predicted molar refractivity (Wildman–Crippen MR) is 72.4 cm³/mol. The van der Waals surface area contributed by atoms with Crippen LogP contribution in [0.25, 0.3) is 0 Å². The third-order valence-electron chi connectivity index (χ3n) is 3.08. The van der Waals surface area contributed by atoms with Gasteiger partial charge in [-0.3, -0.25) is 4.99 Å². The predicted octanol–water partition coefficient (Wildman–Crippen LogP) is 4.55. The van der Waals surface area contributed by atoms with Crippen LogP contribution in [0.4, 0.5) is 10.1 Å². The Bertz CT molecular complexity index is 634. The summed E-state index contributed by atoms with van der Waals surface area (Å²) in [5.74, 6) is -0.258. The molecule has 0 amide bonds. The fourth-order valence-electron chi connectivity index (χ4n) is 2.26. The molecule has 2 aromatic carbocycles. The summed E-state index contributed by atoms with van der Waals surface area (Å²) in [5.41, 5.74) is 4.02. The Kier molecular flexibility index (Phi) is 2.88. The van der Waals surface area contributed by atoms with Crippen LogP contribution in [0.1, 0.15) is 17.5 Å². The summed E-state index contributed by atoms with van der Waals surface area (Å²) in [7, 11) is 0. The van der Waals surface area contributed by atoms with Crippen molar-refractivity contribution in [2.45, 2.75) is 12.8 Å². The van der Waals surface area contributed by atoms with Crippen LogP contribution in [0.5, 0.6) is 0 Å². The minimum absolute atomic E-state index is 0.258. The first-order valence-electron chi connectivity index (χ1n) is 5.84. The van der Waals surface area contributed by atoms with Crippen molar-refractivity contribution in [2.24, 2.45) is 4.99 Å². The molecule has 0 atom stereocenters. The number of hydrogen-bond donors (Lipinski definition) is 0. The van der Waals surface area contributed by atoms with Crippen molar-refractivity contribution in [1.82, 2.24) is 0 Å². The van der Waals surface area contributed by atoms with Gasteiger partial charge in [-0.15, -0.1) is 0 Å². The van der Waals surface area contributed by atoms with Gasteiger partial charge in [0.25, 0.3) is 0 Å². The molecule has 0 aromatic heterocycles. The maximum absolute atomic E-state index is 13.1. The number of aryl methyl sites for hydroxylation is 1. The van der Waals surface area contributed by atoms with E-state index in [9.17, 15) is 4.39 Å². The number of nitrogens with zero attached hydrogens (tertiary/aromatic N) is 1. The second-order valence-corrected chi connectivity index (χ2v) is 4.78. The molecule has 1 aliphatic carbocycles. The molecule has 0 N–H and O–H groups in total.